The summed E-state index contributed by atoms with van der Waals surface area (Å²) in [5, 5.41) is 0. The van der Waals surface area contributed by atoms with Gasteiger partial charge in [0.05, 0.1) is 0 Å². The van der Waals surface area contributed by atoms with E-state index in [0.717, 1.165) is 25.7 Å². The highest BCUT2D eigenvalue weighted by Gasteiger charge is 1.89. The van der Waals surface area contributed by atoms with Crippen LogP contribution in [0.2, 0.25) is 0 Å². The molecule has 0 radical (unpaired) electrons. The molecule has 0 saturated carbocycles. The minimum Gasteiger partial charge on any atom is -0.103 e. The highest BCUT2D eigenvalue weighted by atomic mass is 13.9. The summed E-state index contributed by atoms with van der Waals surface area (Å²) in [4.78, 5) is 0. The third kappa shape index (κ3) is 12.7. The van der Waals surface area contributed by atoms with Gasteiger partial charge in [0.25, 0.3) is 0 Å². The van der Waals surface area contributed by atoms with E-state index in [-0.39, 0.29) is 0 Å². The normalized spacial score (nSPS) is 11.2. The number of unbranched alkanes of at least 4 members (excludes halogenated alkanes) is 5. The quantitative estimate of drug-likeness (QED) is 0.315. The van der Waals surface area contributed by atoms with E-state index in [4.69, 9.17) is 0 Å². The van der Waals surface area contributed by atoms with E-state index in [2.05, 4.69) is 56.3 Å². The van der Waals surface area contributed by atoms with E-state index >= 15 is 0 Å². The van der Waals surface area contributed by atoms with Crippen LogP contribution in [0.15, 0.2) is 24.8 Å². The minimum absolute atomic E-state index is 0.314. The lowest BCUT2D eigenvalue weighted by Gasteiger charge is -1.96. The first kappa shape index (κ1) is 16.6. The van der Waals surface area contributed by atoms with Gasteiger partial charge in [-0.15, -0.1) is 6.58 Å². The largest absolute Gasteiger partial charge is 0.103 e. The fourth-order valence-corrected chi connectivity index (χ4v) is 1.46. The first-order chi connectivity index (χ1) is 8.81. The summed E-state index contributed by atoms with van der Waals surface area (Å²) in [5.74, 6) is 12.3. The van der Waals surface area contributed by atoms with Gasteiger partial charge in [0.1, 0.15) is 0 Å². The fourth-order valence-electron chi connectivity index (χ4n) is 1.46. The highest BCUT2D eigenvalue weighted by Crippen LogP contribution is 2.05. The fraction of sp³-hybridized carbons (Fsp3) is 0.556. The van der Waals surface area contributed by atoms with Crippen molar-refractivity contribution in [3.63, 3.8) is 0 Å². The molecule has 0 aliphatic rings. The Hall–Kier alpha value is -1.40. The molecule has 18 heavy (non-hydrogen) atoms. The molecule has 0 aromatic carbocycles. The highest BCUT2D eigenvalue weighted by molar-refractivity contribution is 5.27. The molecule has 0 heteroatoms. The smallest absolute Gasteiger partial charge is 0.0364 e. The first-order valence-electron chi connectivity index (χ1n) is 7.07. The lowest BCUT2D eigenvalue weighted by molar-refractivity contribution is 0.695. The predicted octanol–water partition coefficient (Wildman–Crippen LogP) is 5.12. The van der Waals surface area contributed by atoms with E-state index in [1.165, 1.54) is 19.3 Å². The number of allylic oxidation sites excluding steroid dienone is 3. The number of hydrogen-bond donors (Lipinski definition) is 0. The van der Waals surface area contributed by atoms with E-state index in [1.807, 2.05) is 6.08 Å². The molecule has 0 saturated heterocycles. The summed E-state index contributed by atoms with van der Waals surface area (Å²) in [5.41, 5.74) is 0. The zero-order valence-corrected chi connectivity index (χ0v) is 12.0. The van der Waals surface area contributed by atoms with Crippen LogP contribution >= 0.6 is 0 Å². The van der Waals surface area contributed by atoms with Gasteiger partial charge in [-0.2, -0.15) is 0 Å². The van der Waals surface area contributed by atoms with Crippen molar-refractivity contribution in [1.29, 1.82) is 0 Å². The predicted molar refractivity (Wildman–Crippen MR) is 82.0 cm³/mol. The second-order valence-corrected chi connectivity index (χ2v) is 4.46. The molecule has 0 aromatic rings. The van der Waals surface area contributed by atoms with Gasteiger partial charge in [-0.25, -0.2) is 0 Å². The van der Waals surface area contributed by atoms with Crippen molar-refractivity contribution in [2.45, 2.75) is 58.8 Å². The van der Waals surface area contributed by atoms with Crippen LogP contribution in [0.3, 0.4) is 0 Å². The molecule has 0 heterocycles. The van der Waals surface area contributed by atoms with E-state index < -0.39 is 0 Å². The molecule has 0 fully saturated rings. The Morgan fingerprint density at radius 2 is 1.89 bits per heavy atom. The zero-order chi connectivity index (χ0) is 13.5. The monoisotopic (exact) mass is 242 g/mol. The van der Waals surface area contributed by atoms with Gasteiger partial charge < -0.3 is 0 Å². The number of rotatable bonds is 8. The molecule has 0 nitrogen and oxygen atoms in total. The summed E-state index contributed by atoms with van der Waals surface area (Å²) in [7, 11) is 0. The Bertz CT molecular complexity index is 338. The Kier molecular flexibility index (Phi) is 12.6. The molecule has 0 spiro atoms. The molecular weight excluding hydrogens is 216 g/mol. The molecule has 0 aliphatic heterocycles. The van der Waals surface area contributed by atoms with Crippen LogP contribution in [0, 0.1) is 29.6 Å². The van der Waals surface area contributed by atoms with Gasteiger partial charge in [-0.3, -0.25) is 0 Å². The van der Waals surface area contributed by atoms with Crippen LogP contribution in [-0.4, -0.2) is 0 Å². The summed E-state index contributed by atoms with van der Waals surface area (Å²) in [6.45, 7) is 7.97. The summed E-state index contributed by atoms with van der Waals surface area (Å²) in [6.07, 6.45) is 14.6. The van der Waals surface area contributed by atoms with Gasteiger partial charge in [-0.05, 0) is 50.9 Å². The van der Waals surface area contributed by atoms with Crippen LogP contribution in [0.5, 0.6) is 0 Å². The standard InChI is InChI=1S/C18H26/c1-4-6-8-10-11-13-15-17-18(3)16-14-12-9-7-5-2/h4,15,17-18H,1,5-8,10-11,13H2,2-3H3/b17-15-/t18-/m1/s1. The van der Waals surface area contributed by atoms with Gasteiger partial charge in [0.2, 0.25) is 0 Å². The second-order valence-electron chi connectivity index (χ2n) is 4.46. The molecule has 0 unspecified atom stereocenters. The maximum atomic E-state index is 3.72. The van der Waals surface area contributed by atoms with Crippen LogP contribution in [0.25, 0.3) is 0 Å². The van der Waals surface area contributed by atoms with Gasteiger partial charge in [0.15, 0.2) is 0 Å². The topological polar surface area (TPSA) is 0 Å². The van der Waals surface area contributed by atoms with Crippen molar-refractivity contribution < 1.29 is 0 Å². The van der Waals surface area contributed by atoms with Crippen LogP contribution < -0.4 is 0 Å². The van der Waals surface area contributed by atoms with Crippen molar-refractivity contribution in [3.05, 3.63) is 24.8 Å². The van der Waals surface area contributed by atoms with E-state index in [1.54, 1.807) is 0 Å². The van der Waals surface area contributed by atoms with Crippen LogP contribution in [0.1, 0.15) is 58.8 Å². The van der Waals surface area contributed by atoms with Crippen LogP contribution in [-0.2, 0) is 0 Å². The molecule has 0 bridgehead atoms. The van der Waals surface area contributed by atoms with E-state index in [9.17, 15) is 0 Å². The first-order valence-corrected chi connectivity index (χ1v) is 7.07. The molecule has 0 aromatic heterocycles. The average molecular weight is 242 g/mol. The summed E-state index contributed by atoms with van der Waals surface area (Å²) in [6, 6.07) is 0. The Morgan fingerprint density at radius 1 is 1.11 bits per heavy atom. The average Bonchev–Trinajstić information content (AvgIpc) is 2.37. The van der Waals surface area contributed by atoms with E-state index in [0.29, 0.717) is 5.92 Å². The molecule has 98 valence electrons. The van der Waals surface area contributed by atoms with Crippen molar-refractivity contribution >= 4 is 0 Å². The second kappa shape index (κ2) is 13.7. The maximum Gasteiger partial charge on any atom is 0.0364 e. The summed E-state index contributed by atoms with van der Waals surface area (Å²) < 4.78 is 0. The molecule has 0 amide bonds. The number of hydrogen-bond acceptors (Lipinski definition) is 0. The SMILES string of the molecule is C=CCCCCC/C=C\[C@H](C)C#CC#CCCC. The molecule has 0 N–H and O–H groups in total. The van der Waals surface area contributed by atoms with Gasteiger partial charge in [-0.1, -0.05) is 43.4 Å². The molecule has 1 atom stereocenters. The lowest BCUT2D eigenvalue weighted by Crippen LogP contribution is -1.82. The lowest BCUT2D eigenvalue weighted by atomic mass is 10.1. The molecular formula is C18H26. The third-order valence-corrected chi connectivity index (χ3v) is 2.53. The van der Waals surface area contributed by atoms with Crippen molar-refractivity contribution in [3.8, 4) is 23.7 Å². The van der Waals surface area contributed by atoms with Gasteiger partial charge >= 0.3 is 0 Å². The Morgan fingerprint density at radius 3 is 2.61 bits per heavy atom. The van der Waals surface area contributed by atoms with Crippen LogP contribution in [0.4, 0.5) is 0 Å². The van der Waals surface area contributed by atoms with Crippen molar-refractivity contribution in [2.75, 3.05) is 0 Å². The molecule has 0 aliphatic carbocycles. The van der Waals surface area contributed by atoms with Crippen molar-refractivity contribution in [2.24, 2.45) is 5.92 Å². The molecule has 0 rings (SSSR count). The summed E-state index contributed by atoms with van der Waals surface area (Å²) >= 11 is 0. The van der Waals surface area contributed by atoms with Crippen molar-refractivity contribution in [1.82, 2.24) is 0 Å². The third-order valence-electron chi connectivity index (χ3n) is 2.53. The Balaban J connectivity index is 3.64. The Labute approximate surface area is 114 Å². The minimum atomic E-state index is 0.314. The maximum absolute atomic E-state index is 3.72. The van der Waals surface area contributed by atoms with Gasteiger partial charge in [0, 0.05) is 12.3 Å². The zero-order valence-electron chi connectivity index (χ0n) is 12.0.